The summed E-state index contributed by atoms with van der Waals surface area (Å²) in [5.74, 6) is 2.00. The van der Waals surface area contributed by atoms with Gasteiger partial charge in [0.05, 0.1) is 0 Å². The second-order valence-corrected chi connectivity index (χ2v) is 12.3. The van der Waals surface area contributed by atoms with E-state index in [0.717, 1.165) is 8.27 Å². The lowest BCUT2D eigenvalue weighted by atomic mass is 11.3. The maximum Gasteiger partial charge on any atom is -0.0178 e. The van der Waals surface area contributed by atoms with Crippen LogP contribution in [0, 0.1) is 0 Å². The van der Waals surface area contributed by atoms with Gasteiger partial charge in [-0.15, -0.1) is 0 Å². The fourth-order valence-corrected chi connectivity index (χ4v) is 2.90. The van der Waals surface area contributed by atoms with Crippen LogP contribution < -0.4 is 0 Å². The molecule has 3 heteroatoms. The molecule has 0 aromatic carbocycles. The van der Waals surface area contributed by atoms with Crippen molar-refractivity contribution in [1.82, 2.24) is 0 Å². The minimum atomic E-state index is 0.279. The third-order valence-corrected chi connectivity index (χ3v) is 4.93. The topological polar surface area (TPSA) is 0 Å². The third-order valence-electron chi connectivity index (χ3n) is 0.269. The van der Waals surface area contributed by atoms with Crippen molar-refractivity contribution in [2.24, 2.45) is 0 Å². The first-order valence-electron chi connectivity index (χ1n) is 1.54. The fraction of sp³-hybridized carbons (Fsp3) is 0.333. The highest BCUT2D eigenvalue weighted by molar-refractivity contribution is 14.2. The van der Waals surface area contributed by atoms with Gasteiger partial charge in [0, 0.05) is 0 Å². The van der Waals surface area contributed by atoms with Crippen molar-refractivity contribution in [2.75, 3.05) is 6.66 Å². The largest absolute Gasteiger partial charge is 0.0985 e. The number of halogens is 1. The second kappa shape index (κ2) is 4.49. The summed E-state index contributed by atoms with van der Waals surface area (Å²) in [6.07, 6.45) is 0. The van der Waals surface area contributed by atoms with Crippen molar-refractivity contribution < 1.29 is 0 Å². The molecular formula is C3H7IP2. The van der Waals surface area contributed by atoms with Crippen molar-refractivity contribution in [1.29, 1.82) is 0 Å². The molecule has 0 aliphatic heterocycles. The molecule has 2 atom stereocenters. The van der Waals surface area contributed by atoms with E-state index in [9.17, 15) is 0 Å². The van der Waals surface area contributed by atoms with E-state index in [0.29, 0.717) is 0 Å². The summed E-state index contributed by atoms with van der Waals surface area (Å²) in [6.45, 7) is 5.87. The Hall–Kier alpha value is 1.33. The van der Waals surface area contributed by atoms with Crippen LogP contribution in [0.4, 0.5) is 0 Å². The summed E-state index contributed by atoms with van der Waals surface area (Å²) >= 11 is 2.45. The molecule has 0 aliphatic rings. The average Bonchev–Trinajstić information content (AvgIpc) is 1.35. The van der Waals surface area contributed by atoms with Crippen LogP contribution in [0.5, 0.6) is 0 Å². The predicted molar refractivity (Wildman–Crippen MR) is 45.4 cm³/mol. The smallest absolute Gasteiger partial charge is 0.0178 e. The Bertz CT molecular complexity index is 44.1. The Morgan fingerprint density at radius 2 is 2.50 bits per heavy atom. The number of hydrogen-bond donors (Lipinski definition) is 0. The molecule has 0 N–H and O–H groups in total. The summed E-state index contributed by atoms with van der Waals surface area (Å²) in [5.41, 5.74) is 0. The first kappa shape index (κ1) is 7.33. The molecular weight excluding hydrogens is 225 g/mol. The fourth-order valence-electron chi connectivity index (χ4n) is 0.126. The Morgan fingerprint density at radius 3 is 2.50 bits per heavy atom. The Labute approximate surface area is 54.7 Å². The van der Waals surface area contributed by atoms with Crippen LogP contribution in [0.3, 0.4) is 0 Å². The van der Waals surface area contributed by atoms with Gasteiger partial charge in [-0.25, -0.2) is 0 Å². The molecule has 0 spiro atoms. The van der Waals surface area contributed by atoms with Gasteiger partial charge in [0.1, 0.15) is 0 Å². The molecule has 36 valence electrons. The van der Waals surface area contributed by atoms with E-state index in [-0.39, 0.29) is 5.25 Å². The van der Waals surface area contributed by atoms with Crippen LogP contribution in [-0.4, -0.2) is 6.66 Å². The normalized spacial score (nSPS) is 15.7. The van der Waals surface area contributed by atoms with Gasteiger partial charge in [-0.2, -0.15) is 0 Å². The van der Waals surface area contributed by atoms with E-state index < -0.39 is 0 Å². The van der Waals surface area contributed by atoms with Gasteiger partial charge in [0.15, 0.2) is 0 Å². The van der Waals surface area contributed by atoms with Crippen LogP contribution in [0.2, 0.25) is 0 Å². The molecule has 0 aliphatic carbocycles. The lowest BCUT2D eigenvalue weighted by molar-refractivity contribution is 2.50. The molecule has 0 aromatic heterocycles. The summed E-state index contributed by atoms with van der Waals surface area (Å²) in [7, 11) is 0.987. The number of hydrogen-bond acceptors (Lipinski definition) is 0. The van der Waals surface area contributed by atoms with Crippen molar-refractivity contribution >= 4 is 35.6 Å². The van der Waals surface area contributed by atoms with Crippen LogP contribution in [-0.2, 0) is 0 Å². The number of rotatable bonds is 2. The zero-order valence-electron chi connectivity index (χ0n) is 3.61. The van der Waals surface area contributed by atoms with Gasteiger partial charge < -0.3 is 0 Å². The molecule has 0 saturated carbocycles. The zero-order valence-corrected chi connectivity index (χ0v) is 7.66. The maximum atomic E-state index is 3.62. The lowest BCUT2D eigenvalue weighted by Gasteiger charge is -1.91. The van der Waals surface area contributed by atoms with Gasteiger partial charge >= 0.3 is 0 Å². The lowest BCUT2D eigenvalue weighted by Crippen LogP contribution is -1.30. The van der Waals surface area contributed by atoms with E-state index in [2.05, 4.69) is 35.3 Å². The Kier molecular flexibility index (Phi) is 5.48. The molecule has 6 heavy (non-hydrogen) atoms. The highest BCUT2D eigenvalue weighted by Gasteiger charge is 1.83. The van der Waals surface area contributed by atoms with E-state index in [1.807, 2.05) is 5.82 Å². The van der Waals surface area contributed by atoms with Crippen LogP contribution in [0.15, 0.2) is 12.4 Å². The summed E-state index contributed by atoms with van der Waals surface area (Å²) in [5, 5.41) is 0.279. The molecule has 0 rings (SSSR count). The summed E-state index contributed by atoms with van der Waals surface area (Å²) in [6, 6.07) is 0. The maximum absolute atomic E-state index is 3.62. The molecule has 2 unspecified atom stereocenters. The Morgan fingerprint density at radius 1 is 2.00 bits per heavy atom. The van der Waals surface area contributed by atoms with Gasteiger partial charge in [0.2, 0.25) is 0 Å². The van der Waals surface area contributed by atoms with E-state index >= 15 is 0 Å². The molecule has 0 amide bonds. The van der Waals surface area contributed by atoms with Crippen LogP contribution >= 0.6 is 35.6 Å². The SMILES string of the molecule is C=CPP(C)I. The van der Waals surface area contributed by atoms with Crippen LogP contribution in [0.25, 0.3) is 0 Å². The van der Waals surface area contributed by atoms with E-state index in [1.165, 1.54) is 0 Å². The molecule has 0 saturated heterocycles. The Balaban J connectivity index is 2.81. The van der Waals surface area contributed by atoms with Crippen LogP contribution in [0.1, 0.15) is 0 Å². The molecule has 0 heterocycles. The van der Waals surface area contributed by atoms with E-state index in [1.54, 1.807) is 0 Å². The standard InChI is InChI=1S/C3H7IP2/c1-3-5-6(2)4/h3,5H,1H2,2H3. The summed E-state index contributed by atoms with van der Waals surface area (Å²) in [4.78, 5) is 0. The highest BCUT2D eigenvalue weighted by atomic mass is 127. The molecule has 0 fully saturated rings. The molecule has 0 aromatic rings. The van der Waals surface area contributed by atoms with Gasteiger partial charge in [0.25, 0.3) is 0 Å². The minimum Gasteiger partial charge on any atom is -0.0985 e. The zero-order chi connectivity index (χ0) is 4.99. The van der Waals surface area contributed by atoms with Gasteiger partial charge in [-0.3, -0.25) is 0 Å². The van der Waals surface area contributed by atoms with Gasteiger partial charge in [-0.05, 0) is 34.0 Å². The van der Waals surface area contributed by atoms with Gasteiger partial charge in [-0.1, -0.05) is 20.7 Å². The monoisotopic (exact) mass is 232 g/mol. The van der Waals surface area contributed by atoms with Crippen molar-refractivity contribution in [3.8, 4) is 0 Å². The predicted octanol–water partition coefficient (Wildman–Crippen LogP) is 3.19. The highest BCUT2D eigenvalue weighted by Crippen LogP contribution is 2.59. The minimum absolute atomic E-state index is 0.279. The summed E-state index contributed by atoms with van der Waals surface area (Å²) < 4.78 is 0. The van der Waals surface area contributed by atoms with E-state index in [4.69, 9.17) is 0 Å². The molecule has 0 bridgehead atoms. The first-order valence-corrected chi connectivity index (χ1v) is 8.03. The van der Waals surface area contributed by atoms with Crippen molar-refractivity contribution in [3.05, 3.63) is 12.4 Å². The molecule has 0 radical (unpaired) electrons. The van der Waals surface area contributed by atoms with Crippen molar-refractivity contribution in [3.63, 3.8) is 0 Å². The third kappa shape index (κ3) is 5.33. The average molecular weight is 232 g/mol. The molecule has 0 nitrogen and oxygen atoms in total. The van der Waals surface area contributed by atoms with Crippen molar-refractivity contribution in [2.45, 2.75) is 0 Å². The second-order valence-electron chi connectivity index (χ2n) is 0.810. The quantitative estimate of drug-likeness (QED) is 0.506. The first-order chi connectivity index (χ1) is 2.77.